The van der Waals surface area contributed by atoms with Gasteiger partial charge in [0.25, 0.3) is 0 Å². The molecule has 0 bridgehead atoms. The van der Waals surface area contributed by atoms with Gasteiger partial charge in [-0.15, -0.1) is 0 Å². The van der Waals surface area contributed by atoms with Crippen LogP contribution in [0.3, 0.4) is 0 Å². The Kier molecular flexibility index (Phi) is 4.35. The molecule has 0 spiro atoms. The molecular weight excluding hydrogens is 268 g/mol. The van der Waals surface area contributed by atoms with Gasteiger partial charge in [-0.25, -0.2) is 0 Å². The molecule has 0 aliphatic carbocycles. The van der Waals surface area contributed by atoms with Crippen LogP contribution in [0.1, 0.15) is 13.8 Å². The van der Waals surface area contributed by atoms with Gasteiger partial charge in [0, 0.05) is 20.1 Å². The highest BCUT2D eigenvalue weighted by Gasteiger charge is 2.34. The molecule has 1 amide bonds. The highest BCUT2D eigenvalue weighted by atomic mass is 16.4. The predicted molar refractivity (Wildman–Crippen MR) is 83.8 cm³/mol. The van der Waals surface area contributed by atoms with Crippen molar-refractivity contribution >= 4 is 23.1 Å². The zero-order valence-corrected chi connectivity index (χ0v) is 12.7. The molecule has 114 valence electrons. The third-order valence-corrected chi connectivity index (χ3v) is 3.88. The first-order valence-corrected chi connectivity index (χ1v) is 7.06. The Morgan fingerprint density at radius 2 is 1.90 bits per heavy atom. The highest BCUT2D eigenvalue weighted by Crippen LogP contribution is 2.33. The summed E-state index contributed by atoms with van der Waals surface area (Å²) in [6.45, 7) is 5.13. The first-order chi connectivity index (χ1) is 9.97. The van der Waals surface area contributed by atoms with Gasteiger partial charge >= 0.3 is 0 Å². The lowest BCUT2D eigenvalue weighted by atomic mass is 9.92. The molecule has 0 fully saturated rings. The number of carbonyl (C=O) groups is 1. The largest absolute Gasteiger partial charge is 0.409 e. The van der Waals surface area contributed by atoms with Gasteiger partial charge in [0.1, 0.15) is 5.92 Å². The minimum absolute atomic E-state index is 0.0357. The molecule has 0 saturated carbocycles. The summed E-state index contributed by atoms with van der Waals surface area (Å²) in [4.78, 5) is 16.7. The van der Waals surface area contributed by atoms with E-state index < -0.39 is 5.92 Å². The highest BCUT2D eigenvalue weighted by molar-refractivity contribution is 6.10. The minimum Gasteiger partial charge on any atom is -0.409 e. The molecule has 1 heterocycles. The summed E-state index contributed by atoms with van der Waals surface area (Å²) >= 11 is 0. The summed E-state index contributed by atoms with van der Waals surface area (Å²) in [6, 6.07) is 7.77. The van der Waals surface area contributed by atoms with E-state index in [0.717, 1.165) is 17.9 Å². The van der Waals surface area contributed by atoms with Crippen molar-refractivity contribution in [1.29, 1.82) is 0 Å². The van der Waals surface area contributed by atoms with Crippen molar-refractivity contribution in [1.82, 2.24) is 0 Å². The second kappa shape index (κ2) is 6.03. The van der Waals surface area contributed by atoms with Gasteiger partial charge in [0.2, 0.25) is 5.91 Å². The van der Waals surface area contributed by atoms with Crippen LogP contribution in [0.4, 0.5) is 11.4 Å². The Labute approximate surface area is 124 Å². The number of oxime groups is 1. The zero-order chi connectivity index (χ0) is 15.6. The Bertz CT molecular complexity index is 556. The fourth-order valence-corrected chi connectivity index (χ4v) is 2.72. The number of hydrogen-bond donors (Lipinski definition) is 2. The average Bonchev–Trinajstić information content (AvgIpc) is 2.47. The van der Waals surface area contributed by atoms with Crippen LogP contribution in [-0.4, -0.2) is 37.1 Å². The third kappa shape index (κ3) is 2.79. The van der Waals surface area contributed by atoms with Crippen LogP contribution in [-0.2, 0) is 4.79 Å². The second-order valence-corrected chi connectivity index (χ2v) is 5.65. The lowest BCUT2D eigenvalue weighted by Crippen LogP contribution is -2.49. The number of amides is 1. The summed E-state index contributed by atoms with van der Waals surface area (Å²) < 4.78 is 0. The maximum absolute atomic E-state index is 12.8. The van der Waals surface area contributed by atoms with Crippen LogP contribution < -0.4 is 15.5 Å². The fraction of sp³-hybridized carbons (Fsp3) is 0.467. The van der Waals surface area contributed by atoms with Crippen molar-refractivity contribution in [2.24, 2.45) is 22.7 Å². The summed E-state index contributed by atoms with van der Waals surface area (Å²) in [6.07, 6.45) is 0. The quantitative estimate of drug-likeness (QED) is 0.382. The molecule has 1 aliphatic rings. The van der Waals surface area contributed by atoms with E-state index in [9.17, 15) is 4.79 Å². The molecule has 0 aromatic heterocycles. The van der Waals surface area contributed by atoms with Crippen molar-refractivity contribution in [3.8, 4) is 0 Å². The molecule has 6 heteroatoms. The lowest BCUT2D eigenvalue weighted by molar-refractivity contribution is -0.121. The van der Waals surface area contributed by atoms with Crippen molar-refractivity contribution in [3.63, 3.8) is 0 Å². The number of carbonyl (C=O) groups excluding carboxylic acids is 1. The van der Waals surface area contributed by atoms with Crippen molar-refractivity contribution in [2.45, 2.75) is 13.8 Å². The van der Waals surface area contributed by atoms with Gasteiger partial charge in [-0.2, -0.15) is 0 Å². The Balaban J connectivity index is 2.38. The third-order valence-electron chi connectivity index (χ3n) is 3.88. The molecule has 2 rings (SSSR count). The number of rotatable bonds is 3. The van der Waals surface area contributed by atoms with E-state index in [2.05, 4.69) is 10.1 Å². The average molecular weight is 290 g/mol. The predicted octanol–water partition coefficient (Wildman–Crippen LogP) is 1.49. The number of anilines is 2. The minimum atomic E-state index is -0.619. The lowest BCUT2D eigenvalue weighted by Gasteiger charge is -2.37. The number of nitrogens with two attached hydrogens (primary N) is 1. The second-order valence-electron chi connectivity index (χ2n) is 5.65. The van der Waals surface area contributed by atoms with Gasteiger partial charge < -0.3 is 20.7 Å². The number of fused-ring (bicyclic) bond motifs is 1. The van der Waals surface area contributed by atoms with Gasteiger partial charge in [-0.05, 0) is 18.1 Å². The number of hydrogen-bond acceptors (Lipinski definition) is 4. The summed E-state index contributed by atoms with van der Waals surface area (Å²) in [5.74, 6) is -0.820. The smallest absolute Gasteiger partial charge is 0.238 e. The molecule has 1 aliphatic heterocycles. The fourth-order valence-electron chi connectivity index (χ4n) is 2.72. The number of nitrogens with zero attached hydrogens (tertiary/aromatic N) is 3. The van der Waals surface area contributed by atoms with Crippen LogP contribution in [0.25, 0.3) is 0 Å². The summed E-state index contributed by atoms with van der Waals surface area (Å²) in [5.41, 5.74) is 7.60. The van der Waals surface area contributed by atoms with Crippen LogP contribution in [0, 0.1) is 11.8 Å². The number of para-hydroxylation sites is 2. The van der Waals surface area contributed by atoms with E-state index in [-0.39, 0.29) is 17.7 Å². The standard InChI is InChI=1S/C15H22N4O2/c1-10(2)13(14(16)17-21)15(20)19-9-8-18(3)11-6-4-5-7-12(11)19/h4-7,10,13,21H,8-9H2,1-3H3,(H2,16,17). The van der Waals surface area contributed by atoms with Crippen molar-refractivity contribution < 1.29 is 10.0 Å². The van der Waals surface area contributed by atoms with Gasteiger partial charge in [-0.1, -0.05) is 31.1 Å². The molecule has 1 atom stereocenters. The van der Waals surface area contributed by atoms with E-state index in [1.54, 1.807) is 4.90 Å². The van der Waals surface area contributed by atoms with E-state index in [1.807, 2.05) is 45.2 Å². The number of benzene rings is 1. The van der Waals surface area contributed by atoms with E-state index >= 15 is 0 Å². The normalized spacial score (nSPS) is 16.9. The SMILES string of the molecule is CC(C)C(C(=O)N1CCN(C)c2ccccc21)C(N)=NO. The van der Waals surface area contributed by atoms with Gasteiger partial charge in [0.05, 0.1) is 11.4 Å². The summed E-state index contributed by atoms with van der Waals surface area (Å²) in [7, 11) is 2.00. The molecule has 3 N–H and O–H groups in total. The monoisotopic (exact) mass is 290 g/mol. The topological polar surface area (TPSA) is 82.2 Å². The maximum atomic E-state index is 12.8. The first-order valence-electron chi connectivity index (χ1n) is 7.06. The number of amidine groups is 1. The van der Waals surface area contributed by atoms with Crippen molar-refractivity contribution in [3.05, 3.63) is 24.3 Å². The number of likely N-dealkylation sites (N-methyl/N-ethyl adjacent to an activating group) is 1. The summed E-state index contributed by atoms with van der Waals surface area (Å²) in [5, 5.41) is 12.0. The molecule has 0 radical (unpaired) electrons. The zero-order valence-electron chi connectivity index (χ0n) is 12.7. The molecule has 6 nitrogen and oxygen atoms in total. The van der Waals surface area contributed by atoms with Crippen LogP contribution in [0.15, 0.2) is 29.4 Å². The van der Waals surface area contributed by atoms with Gasteiger partial charge in [-0.3, -0.25) is 4.79 Å². The van der Waals surface area contributed by atoms with E-state index in [0.29, 0.717) is 6.54 Å². The van der Waals surface area contributed by atoms with Crippen molar-refractivity contribution in [2.75, 3.05) is 29.9 Å². The van der Waals surface area contributed by atoms with Crippen LogP contribution >= 0.6 is 0 Å². The van der Waals surface area contributed by atoms with Crippen LogP contribution in [0.5, 0.6) is 0 Å². The maximum Gasteiger partial charge on any atom is 0.238 e. The molecule has 21 heavy (non-hydrogen) atoms. The van der Waals surface area contributed by atoms with Gasteiger partial charge in [0.15, 0.2) is 5.84 Å². The molecule has 1 unspecified atom stereocenters. The first kappa shape index (κ1) is 15.2. The molecular formula is C15H22N4O2. The van der Waals surface area contributed by atoms with E-state index in [4.69, 9.17) is 10.9 Å². The Morgan fingerprint density at radius 1 is 1.29 bits per heavy atom. The Hall–Kier alpha value is -2.24. The Morgan fingerprint density at radius 3 is 2.48 bits per heavy atom. The molecule has 1 aromatic rings. The molecule has 1 aromatic carbocycles. The van der Waals surface area contributed by atoms with E-state index in [1.165, 1.54) is 0 Å². The molecule has 0 saturated heterocycles. The van der Waals surface area contributed by atoms with Crippen LogP contribution in [0.2, 0.25) is 0 Å².